The zero-order chi connectivity index (χ0) is 17.5. The number of halogens is 1. The smallest absolute Gasteiger partial charge is 0.123 e. The lowest BCUT2D eigenvalue weighted by Crippen LogP contribution is -2.34. The molecule has 0 atom stereocenters. The van der Waals surface area contributed by atoms with E-state index in [0.29, 0.717) is 5.92 Å². The molecule has 26 heavy (non-hydrogen) atoms. The van der Waals surface area contributed by atoms with E-state index in [-0.39, 0.29) is 5.82 Å². The average molecular weight is 349 g/mol. The van der Waals surface area contributed by atoms with Crippen molar-refractivity contribution in [2.45, 2.75) is 38.0 Å². The molecule has 1 aliphatic heterocycles. The van der Waals surface area contributed by atoms with E-state index in [2.05, 4.69) is 26.5 Å². The second-order valence-corrected chi connectivity index (χ2v) is 7.82. The lowest BCUT2D eigenvalue weighted by Gasteiger charge is -2.34. The summed E-state index contributed by atoms with van der Waals surface area (Å²) in [7, 11) is 0. The predicted octanol–water partition coefficient (Wildman–Crippen LogP) is 4.81. The Bertz CT molecular complexity index is 903. The summed E-state index contributed by atoms with van der Waals surface area (Å²) in [6, 6.07) is 9.23. The molecular weight excluding hydrogens is 325 g/mol. The zero-order valence-corrected chi connectivity index (χ0v) is 14.9. The van der Waals surface area contributed by atoms with Gasteiger partial charge in [-0.2, -0.15) is 0 Å². The summed E-state index contributed by atoms with van der Waals surface area (Å²) in [5.74, 6) is 1.32. The lowest BCUT2D eigenvalue weighted by molar-refractivity contribution is 0.403. The van der Waals surface area contributed by atoms with Crippen LogP contribution < -0.4 is 4.90 Å². The molecule has 0 unspecified atom stereocenters. The van der Waals surface area contributed by atoms with Gasteiger partial charge in [0.15, 0.2) is 0 Å². The van der Waals surface area contributed by atoms with Crippen LogP contribution in [0.4, 0.5) is 10.1 Å². The maximum absolute atomic E-state index is 13.1. The van der Waals surface area contributed by atoms with E-state index in [1.807, 2.05) is 24.7 Å². The van der Waals surface area contributed by atoms with Crippen molar-refractivity contribution < 1.29 is 4.39 Å². The Hall–Kier alpha value is -2.36. The van der Waals surface area contributed by atoms with Gasteiger partial charge in [0.1, 0.15) is 5.82 Å². The van der Waals surface area contributed by atoms with Crippen LogP contribution >= 0.6 is 0 Å². The standard InChI is InChI=1S/C22H24FN3/c23-18-3-5-19(6-4-18)25-10-7-16(8-11-25)13-21-20(17-1-2-17)9-12-26-15-24-14-22(21)26/h3-6,9,12,14-17H,1-2,7-8,10-11,13H2. The molecule has 5 rings (SSSR count). The molecule has 3 aromatic rings. The van der Waals surface area contributed by atoms with Gasteiger partial charge in [-0.05, 0) is 85.4 Å². The molecule has 4 heteroatoms. The fourth-order valence-corrected chi connectivity index (χ4v) is 4.40. The third kappa shape index (κ3) is 2.98. The van der Waals surface area contributed by atoms with Gasteiger partial charge in [0, 0.05) is 25.0 Å². The first-order chi connectivity index (χ1) is 12.8. The summed E-state index contributed by atoms with van der Waals surface area (Å²) >= 11 is 0. The topological polar surface area (TPSA) is 20.5 Å². The first-order valence-electron chi connectivity index (χ1n) is 9.72. The summed E-state index contributed by atoms with van der Waals surface area (Å²) in [6.07, 6.45) is 12.3. The quantitative estimate of drug-likeness (QED) is 0.674. The van der Waals surface area contributed by atoms with Crippen LogP contribution in [0.1, 0.15) is 42.7 Å². The number of rotatable bonds is 4. The normalized spacial score (nSPS) is 18.6. The van der Waals surface area contributed by atoms with Gasteiger partial charge >= 0.3 is 0 Å². The number of piperidine rings is 1. The molecule has 1 saturated carbocycles. The van der Waals surface area contributed by atoms with Gasteiger partial charge in [0.2, 0.25) is 0 Å². The summed E-state index contributed by atoms with van der Waals surface area (Å²) in [5.41, 5.74) is 5.50. The van der Waals surface area contributed by atoms with Gasteiger partial charge in [-0.15, -0.1) is 0 Å². The van der Waals surface area contributed by atoms with Gasteiger partial charge in [-0.3, -0.25) is 0 Å². The van der Waals surface area contributed by atoms with E-state index < -0.39 is 0 Å². The Morgan fingerprint density at radius 1 is 1.00 bits per heavy atom. The van der Waals surface area contributed by atoms with Gasteiger partial charge < -0.3 is 9.30 Å². The lowest BCUT2D eigenvalue weighted by atomic mass is 9.87. The summed E-state index contributed by atoms with van der Waals surface area (Å²) < 4.78 is 15.3. The van der Waals surface area contributed by atoms with Crippen LogP contribution in [0.2, 0.25) is 0 Å². The van der Waals surface area contributed by atoms with Crippen molar-refractivity contribution in [2.24, 2.45) is 5.92 Å². The first-order valence-corrected chi connectivity index (χ1v) is 9.72. The Morgan fingerprint density at radius 3 is 2.50 bits per heavy atom. The van der Waals surface area contributed by atoms with Gasteiger partial charge in [-0.25, -0.2) is 9.37 Å². The maximum atomic E-state index is 13.1. The number of imidazole rings is 1. The molecule has 0 bridgehead atoms. The molecule has 0 N–H and O–H groups in total. The van der Waals surface area contributed by atoms with E-state index in [9.17, 15) is 4.39 Å². The van der Waals surface area contributed by atoms with Gasteiger partial charge in [-0.1, -0.05) is 0 Å². The van der Waals surface area contributed by atoms with Crippen LogP contribution in [-0.2, 0) is 6.42 Å². The largest absolute Gasteiger partial charge is 0.372 e. The average Bonchev–Trinajstić information content (AvgIpc) is 3.40. The molecule has 1 saturated heterocycles. The molecule has 2 aromatic heterocycles. The minimum absolute atomic E-state index is 0.162. The molecule has 3 nitrogen and oxygen atoms in total. The molecule has 1 aliphatic carbocycles. The van der Waals surface area contributed by atoms with Crippen LogP contribution in [0.15, 0.2) is 49.1 Å². The number of aromatic nitrogens is 2. The van der Waals surface area contributed by atoms with Crippen molar-refractivity contribution in [1.82, 2.24) is 9.38 Å². The minimum Gasteiger partial charge on any atom is -0.372 e. The Balaban J connectivity index is 1.32. The summed E-state index contributed by atoms with van der Waals surface area (Å²) in [4.78, 5) is 6.74. The number of anilines is 1. The molecule has 2 aliphatic rings. The van der Waals surface area contributed by atoms with Crippen LogP contribution in [0.5, 0.6) is 0 Å². The van der Waals surface area contributed by atoms with E-state index in [0.717, 1.165) is 31.1 Å². The highest BCUT2D eigenvalue weighted by atomic mass is 19.1. The molecule has 134 valence electrons. The summed E-state index contributed by atoms with van der Waals surface area (Å²) in [6.45, 7) is 2.11. The Morgan fingerprint density at radius 2 is 1.77 bits per heavy atom. The maximum Gasteiger partial charge on any atom is 0.123 e. The first kappa shape index (κ1) is 15.9. The second-order valence-electron chi connectivity index (χ2n) is 7.82. The second kappa shape index (κ2) is 6.42. The van der Waals surface area contributed by atoms with Crippen molar-refractivity contribution in [2.75, 3.05) is 18.0 Å². The molecule has 2 fully saturated rings. The molecule has 3 heterocycles. The fraction of sp³-hybridized carbons (Fsp3) is 0.409. The zero-order valence-electron chi connectivity index (χ0n) is 14.9. The van der Waals surface area contributed by atoms with Crippen LogP contribution in [-0.4, -0.2) is 22.5 Å². The third-order valence-electron chi connectivity index (χ3n) is 6.05. The van der Waals surface area contributed by atoms with Gasteiger partial charge in [0.05, 0.1) is 18.0 Å². The fourth-order valence-electron chi connectivity index (χ4n) is 4.40. The van der Waals surface area contributed by atoms with E-state index in [1.54, 1.807) is 17.7 Å². The molecular formula is C22H24FN3. The highest BCUT2D eigenvalue weighted by Gasteiger charge is 2.29. The molecule has 0 spiro atoms. The van der Waals surface area contributed by atoms with Crippen molar-refractivity contribution in [1.29, 1.82) is 0 Å². The number of fused-ring (bicyclic) bond motifs is 1. The van der Waals surface area contributed by atoms with E-state index >= 15 is 0 Å². The number of pyridine rings is 1. The number of benzene rings is 1. The van der Waals surface area contributed by atoms with Crippen molar-refractivity contribution in [3.8, 4) is 0 Å². The van der Waals surface area contributed by atoms with Crippen molar-refractivity contribution in [3.63, 3.8) is 0 Å². The highest BCUT2D eigenvalue weighted by molar-refractivity contribution is 5.58. The molecule has 1 aromatic carbocycles. The number of nitrogens with zero attached hydrogens (tertiary/aromatic N) is 3. The Labute approximate surface area is 153 Å². The molecule has 0 radical (unpaired) electrons. The van der Waals surface area contributed by atoms with Gasteiger partial charge in [0.25, 0.3) is 0 Å². The predicted molar refractivity (Wildman–Crippen MR) is 102 cm³/mol. The van der Waals surface area contributed by atoms with Crippen LogP contribution in [0.25, 0.3) is 5.52 Å². The van der Waals surface area contributed by atoms with Crippen LogP contribution in [0, 0.1) is 11.7 Å². The Kier molecular flexibility index (Phi) is 3.92. The number of hydrogen-bond donors (Lipinski definition) is 0. The van der Waals surface area contributed by atoms with Crippen LogP contribution in [0.3, 0.4) is 0 Å². The number of hydrogen-bond acceptors (Lipinski definition) is 2. The van der Waals surface area contributed by atoms with Crippen molar-refractivity contribution in [3.05, 3.63) is 66.0 Å². The van der Waals surface area contributed by atoms with Crippen molar-refractivity contribution >= 4 is 11.2 Å². The third-order valence-corrected chi connectivity index (χ3v) is 6.05. The monoisotopic (exact) mass is 349 g/mol. The minimum atomic E-state index is -0.162. The van der Waals surface area contributed by atoms with E-state index in [1.165, 1.54) is 36.8 Å². The van der Waals surface area contributed by atoms with E-state index in [4.69, 9.17) is 0 Å². The SMILES string of the molecule is Fc1ccc(N2CCC(Cc3c(C4CC4)ccn4cncc34)CC2)cc1. The molecule has 0 amide bonds. The highest BCUT2D eigenvalue weighted by Crippen LogP contribution is 2.43. The summed E-state index contributed by atoms with van der Waals surface area (Å²) in [5, 5.41) is 0.